The van der Waals surface area contributed by atoms with Crippen molar-refractivity contribution in [2.24, 2.45) is 23.7 Å². The Morgan fingerprint density at radius 3 is 2.55 bits per heavy atom. The van der Waals surface area contributed by atoms with E-state index in [-0.39, 0.29) is 30.9 Å². The summed E-state index contributed by atoms with van der Waals surface area (Å²) in [7, 11) is 0. The summed E-state index contributed by atoms with van der Waals surface area (Å²) < 4.78 is 28.3. The van der Waals surface area contributed by atoms with Crippen LogP contribution >= 0.6 is 0 Å². The monoisotopic (exact) mass is 289 g/mol. The summed E-state index contributed by atoms with van der Waals surface area (Å²) in [6.07, 6.45) is 1.91. The number of carboxylic acids is 1. The highest BCUT2D eigenvalue weighted by atomic mass is 19.3. The number of halogens is 2. The van der Waals surface area contributed by atoms with E-state index < -0.39 is 30.8 Å². The molecule has 2 N–H and O–H groups in total. The lowest BCUT2D eigenvalue weighted by Gasteiger charge is -2.23. The average Bonchev–Trinajstić information content (AvgIpc) is 2.97. The predicted octanol–water partition coefficient (Wildman–Crippen LogP) is 0.907. The van der Waals surface area contributed by atoms with Crippen LogP contribution < -0.4 is 5.32 Å². The van der Waals surface area contributed by atoms with Crippen LogP contribution in [0, 0.1) is 23.7 Å². The van der Waals surface area contributed by atoms with Crippen LogP contribution in [0.4, 0.5) is 8.78 Å². The van der Waals surface area contributed by atoms with Crippen LogP contribution in [-0.2, 0) is 14.3 Å². The summed E-state index contributed by atoms with van der Waals surface area (Å²) in [6.45, 7) is -0.565. The molecule has 0 spiro atoms. The Morgan fingerprint density at radius 2 is 1.95 bits per heavy atom. The van der Waals surface area contributed by atoms with Gasteiger partial charge in [0.25, 0.3) is 6.43 Å². The second-order valence-electron chi connectivity index (χ2n) is 5.10. The minimum atomic E-state index is -2.53. The third-order valence-corrected chi connectivity index (χ3v) is 3.84. The molecule has 7 heteroatoms. The smallest absolute Gasteiger partial charge is 0.307 e. The summed E-state index contributed by atoms with van der Waals surface area (Å²) in [5.74, 6) is -2.68. The second kappa shape index (κ2) is 6.30. The summed E-state index contributed by atoms with van der Waals surface area (Å²) in [5.41, 5.74) is 0. The molecule has 0 radical (unpaired) electrons. The number of ether oxygens (including phenoxy) is 1. The number of fused-ring (bicyclic) bond motifs is 2. The molecule has 2 unspecified atom stereocenters. The molecule has 0 aliphatic heterocycles. The zero-order valence-corrected chi connectivity index (χ0v) is 10.8. The van der Waals surface area contributed by atoms with Gasteiger partial charge in [-0.15, -0.1) is 0 Å². The van der Waals surface area contributed by atoms with Crippen molar-refractivity contribution < 1.29 is 28.2 Å². The molecule has 1 amide bonds. The van der Waals surface area contributed by atoms with Gasteiger partial charge < -0.3 is 15.2 Å². The van der Waals surface area contributed by atoms with Crippen LogP contribution in [0.2, 0.25) is 0 Å². The molecule has 1 saturated carbocycles. The SMILES string of the molecule is O=C(O)[C@@H]1C2C=CC(C2)[C@@H]1C(=O)NCCOCC(F)F. The summed E-state index contributed by atoms with van der Waals surface area (Å²) in [6, 6.07) is 0. The lowest BCUT2D eigenvalue weighted by atomic mass is 9.82. The van der Waals surface area contributed by atoms with E-state index in [0.29, 0.717) is 6.42 Å². The van der Waals surface area contributed by atoms with Crippen molar-refractivity contribution in [1.29, 1.82) is 0 Å². The van der Waals surface area contributed by atoms with Crippen LogP contribution in [0.1, 0.15) is 6.42 Å². The van der Waals surface area contributed by atoms with Crippen molar-refractivity contribution in [2.75, 3.05) is 19.8 Å². The highest BCUT2D eigenvalue weighted by molar-refractivity contribution is 5.86. The van der Waals surface area contributed by atoms with Gasteiger partial charge in [-0.25, -0.2) is 8.78 Å². The minimum Gasteiger partial charge on any atom is -0.481 e. The average molecular weight is 289 g/mol. The Bertz CT molecular complexity index is 413. The van der Waals surface area contributed by atoms with Gasteiger partial charge in [-0.05, 0) is 18.3 Å². The third-order valence-electron chi connectivity index (χ3n) is 3.84. The molecule has 2 rings (SSSR count). The van der Waals surface area contributed by atoms with Crippen molar-refractivity contribution in [3.63, 3.8) is 0 Å². The first-order valence-corrected chi connectivity index (χ1v) is 6.55. The Kier molecular flexibility index (Phi) is 4.69. The summed E-state index contributed by atoms with van der Waals surface area (Å²) in [4.78, 5) is 23.3. The highest BCUT2D eigenvalue weighted by Gasteiger charge is 2.51. The second-order valence-corrected chi connectivity index (χ2v) is 5.10. The summed E-state index contributed by atoms with van der Waals surface area (Å²) >= 11 is 0. The number of rotatable bonds is 7. The fourth-order valence-electron chi connectivity index (χ4n) is 3.05. The molecule has 0 saturated heterocycles. The largest absolute Gasteiger partial charge is 0.481 e. The summed E-state index contributed by atoms with van der Waals surface area (Å²) in [5, 5.41) is 11.8. The van der Waals surface area contributed by atoms with Crippen LogP contribution in [0.3, 0.4) is 0 Å². The molecular formula is C13H17F2NO4. The molecule has 5 nitrogen and oxygen atoms in total. The quantitative estimate of drug-likeness (QED) is 0.539. The molecule has 2 aliphatic carbocycles. The zero-order valence-electron chi connectivity index (χ0n) is 10.8. The maximum Gasteiger partial charge on any atom is 0.307 e. The van der Waals surface area contributed by atoms with E-state index in [4.69, 9.17) is 0 Å². The fraction of sp³-hybridized carbons (Fsp3) is 0.692. The lowest BCUT2D eigenvalue weighted by Crippen LogP contribution is -2.41. The van der Waals surface area contributed by atoms with E-state index >= 15 is 0 Å². The van der Waals surface area contributed by atoms with Crippen LogP contribution in [0.25, 0.3) is 0 Å². The van der Waals surface area contributed by atoms with Crippen molar-refractivity contribution in [1.82, 2.24) is 5.32 Å². The molecule has 2 aliphatic rings. The van der Waals surface area contributed by atoms with E-state index in [1.54, 1.807) is 0 Å². The van der Waals surface area contributed by atoms with Crippen LogP contribution in [-0.4, -0.2) is 43.2 Å². The topological polar surface area (TPSA) is 75.6 Å². The van der Waals surface area contributed by atoms with E-state index in [9.17, 15) is 23.5 Å². The van der Waals surface area contributed by atoms with E-state index in [0.717, 1.165) is 0 Å². The number of hydrogen-bond donors (Lipinski definition) is 2. The molecule has 0 aromatic heterocycles. The number of allylic oxidation sites excluding steroid dienone is 2. The van der Waals surface area contributed by atoms with Gasteiger partial charge in [0.1, 0.15) is 6.61 Å². The van der Waals surface area contributed by atoms with Gasteiger partial charge in [0, 0.05) is 6.54 Å². The van der Waals surface area contributed by atoms with Gasteiger partial charge >= 0.3 is 5.97 Å². The maximum atomic E-state index is 12.0. The van der Waals surface area contributed by atoms with Gasteiger partial charge in [-0.1, -0.05) is 12.2 Å². The lowest BCUT2D eigenvalue weighted by molar-refractivity contribution is -0.147. The molecule has 0 aromatic rings. The molecular weight excluding hydrogens is 272 g/mol. The minimum absolute atomic E-state index is 0.00945. The Labute approximate surface area is 115 Å². The molecule has 0 aromatic carbocycles. The number of aliphatic carboxylic acids is 1. The molecule has 112 valence electrons. The van der Waals surface area contributed by atoms with Gasteiger partial charge in [-0.3, -0.25) is 9.59 Å². The molecule has 0 heterocycles. The van der Waals surface area contributed by atoms with Crippen molar-refractivity contribution in [3.05, 3.63) is 12.2 Å². The first kappa shape index (κ1) is 14.9. The number of carbonyl (C=O) groups excluding carboxylic acids is 1. The Hall–Kier alpha value is -1.50. The molecule has 20 heavy (non-hydrogen) atoms. The number of amides is 1. The first-order valence-electron chi connectivity index (χ1n) is 6.55. The van der Waals surface area contributed by atoms with Gasteiger partial charge in [0.2, 0.25) is 5.91 Å². The van der Waals surface area contributed by atoms with Gasteiger partial charge in [0.05, 0.1) is 18.4 Å². The molecule has 1 fully saturated rings. The third kappa shape index (κ3) is 3.15. The van der Waals surface area contributed by atoms with E-state index in [1.807, 2.05) is 12.2 Å². The number of alkyl halides is 2. The van der Waals surface area contributed by atoms with Crippen LogP contribution in [0.15, 0.2) is 12.2 Å². The molecule has 2 bridgehead atoms. The first-order chi connectivity index (χ1) is 9.50. The van der Waals surface area contributed by atoms with E-state index in [1.165, 1.54) is 0 Å². The van der Waals surface area contributed by atoms with Crippen molar-refractivity contribution in [3.8, 4) is 0 Å². The predicted molar refractivity (Wildman–Crippen MR) is 65.2 cm³/mol. The fourth-order valence-corrected chi connectivity index (χ4v) is 3.05. The standard InChI is InChI=1S/C13H17F2NO4/c14-9(15)6-20-4-3-16-12(17)10-7-1-2-8(5-7)11(10)13(18)19/h1-2,7-11H,3-6H2,(H,16,17)(H,18,19)/t7?,8?,10-,11+/m0/s1. The highest BCUT2D eigenvalue weighted by Crippen LogP contribution is 2.48. The maximum absolute atomic E-state index is 12.0. The van der Waals surface area contributed by atoms with Crippen molar-refractivity contribution >= 4 is 11.9 Å². The Morgan fingerprint density at radius 1 is 1.30 bits per heavy atom. The zero-order chi connectivity index (χ0) is 14.7. The number of carboxylic acid groups (broad SMARTS) is 1. The number of hydrogen-bond acceptors (Lipinski definition) is 3. The van der Waals surface area contributed by atoms with Gasteiger partial charge in [-0.2, -0.15) is 0 Å². The van der Waals surface area contributed by atoms with Crippen molar-refractivity contribution in [2.45, 2.75) is 12.8 Å². The normalized spacial score (nSPS) is 30.9. The van der Waals surface area contributed by atoms with Gasteiger partial charge in [0.15, 0.2) is 0 Å². The van der Waals surface area contributed by atoms with Crippen LogP contribution in [0.5, 0.6) is 0 Å². The number of carbonyl (C=O) groups is 2. The van der Waals surface area contributed by atoms with E-state index in [2.05, 4.69) is 10.1 Å². The number of nitrogens with one attached hydrogen (secondary N) is 1. The Balaban J connectivity index is 1.80. The molecule has 4 atom stereocenters.